The molecule has 4 bridgehead atoms. The van der Waals surface area contributed by atoms with Gasteiger partial charge in [0, 0.05) is 37.0 Å². The standard InChI is InChI=1S/C16H24N2O2/c1-3-15-8-17-10-16(4-2,14(15)19)11-18(9-15)13(17)12-6-5-7-20-12/h5-7,13-14,19H,3-4,8-11H2,1-2H3. The Bertz CT molecular complexity index is 459. The molecule has 0 unspecified atom stereocenters. The van der Waals surface area contributed by atoms with Crippen molar-refractivity contribution in [3.05, 3.63) is 24.2 Å². The monoisotopic (exact) mass is 276 g/mol. The Hall–Kier alpha value is -0.840. The van der Waals surface area contributed by atoms with Crippen LogP contribution >= 0.6 is 0 Å². The van der Waals surface area contributed by atoms with Gasteiger partial charge in [-0.3, -0.25) is 9.80 Å². The first-order valence-electron chi connectivity index (χ1n) is 7.84. The van der Waals surface area contributed by atoms with Crippen LogP contribution in [0.5, 0.6) is 0 Å². The predicted molar refractivity (Wildman–Crippen MR) is 76.0 cm³/mol. The number of rotatable bonds is 3. The van der Waals surface area contributed by atoms with E-state index in [0.717, 1.165) is 44.8 Å². The number of aliphatic hydroxyl groups excluding tert-OH is 1. The quantitative estimate of drug-likeness (QED) is 0.917. The van der Waals surface area contributed by atoms with E-state index in [9.17, 15) is 5.11 Å². The molecule has 4 nitrogen and oxygen atoms in total. The third-order valence-corrected chi connectivity index (χ3v) is 6.13. The molecule has 5 heterocycles. The lowest BCUT2D eigenvalue weighted by Crippen LogP contribution is -2.77. The lowest BCUT2D eigenvalue weighted by atomic mass is 9.57. The molecule has 4 saturated heterocycles. The van der Waals surface area contributed by atoms with Crippen LogP contribution in [0.2, 0.25) is 0 Å². The van der Waals surface area contributed by atoms with Crippen molar-refractivity contribution >= 4 is 0 Å². The summed E-state index contributed by atoms with van der Waals surface area (Å²) in [5.41, 5.74) is 0.102. The highest BCUT2D eigenvalue weighted by Crippen LogP contribution is 2.56. The molecule has 0 amide bonds. The summed E-state index contributed by atoms with van der Waals surface area (Å²) in [6, 6.07) is 4.06. The SMILES string of the molecule is CCC12CN3CC(CC)(CN(C1)C3c1ccco1)C2O. The number of aliphatic hydroxyl groups is 1. The molecule has 0 spiro atoms. The largest absolute Gasteiger partial charge is 0.466 e. The minimum atomic E-state index is -0.157. The van der Waals surface area contributed by atoms with Crippen molar-refractivity contribution in [3.63, 3.8) is 0 Å². The third-order valence-electron chi connectivity index (χ3n) is 6.13. The summed E-state index contributed by atoms with van der Waals surface area (Å²) < 4.78 is 5.67. The fourth-order valence-corrected chi connectivity index (χ4v) is 5.03. The van der Waals surface area contributed by atoms with Crippen LogP contribution in [0.3, 0.4) is 0 Å². The molecule has 0 radical (unpaired) electrons. The third kappa shape index (κ3) is 1.42. The zero-order valence-corrected chi connectivity index (χ0v) is 12.4. The van der Waals surface area contributed by atoms with E-state index in [1.54, 1.807) is 6.26 Å². The molecule has 0 atom stereocenters. The first-order chi connectivity index (χ1) is 9.64. The summed E-state index contributed by atoms with van der Waals surface area (Å²) in [4.78, 5) is 5.07. The number of hydrogen-bond acceptors (Lipinski definition) is 4. The molecule has 1 aromatic heterocycles. The summed E-state index contributed by atoms with van der Waals surface area (Å²) in [5.74, 6) is 1.05. The zero-order chi connectivity index (χ0) is 14.0. The van der Waals surface area contributed by atoms with Crippen molar-refractivity contribution in [1.82, 2.24) is 9.80 Å². The van der Waals surface area contributed by atoms with Crippen LogP contribution in [0, 0.1) is 10.8 Å². The highest BCUT2D eigenvalue weighted by Gasteiger charge is 2.64. The van der Waals surface area contributed by atoms with Crippen molar-refractivity contribution in [2.45, 2.75) is 39.0 Å². The molecule has 1 N–H and O–H groups in total. The van der Waals surface area contributed by atoms with E-state index in [1.807, 2.05) is 6.07 Å². The molecule has 4 aliphatic rings. The Morgan fingerprint density at radius 2 is 1.70 bits per heavy atom. The zero-order valence-electron chi connectivity index (χ0n) is 12.4. The van der Waals surface area contributed by atoms with Crippen molar-refractivity contribution in [1.29, 1.82) is 0 Å². The predicted octanol–water partition coefficient (Wildman–Crippen LogP) is 2.08. The van der Waals surface area contributed by atoms with Gasteiger partial charge in [0.1, 0.15) is 11.9 Å². The Balaban J connectivity index is 1.75. The highest BCUT2D eigenvalue weighted by molar-refractivity contribution is 5.19. The van der Waals surface area contributed by atoms with Gasteiger partial charge >= 0.3 is 0 Å². The van der Waals surface area contributed by atoms with Crippen LogP contribution < -0.4 is 0 Å². The van der Waals surface area contributed by atoms with Gasteiger partial charge in [0.15, 0.2) is 0 Å². The van der Waals surface area contributed by atoms with E-state index < -0.39 is 0 Å². The van der Waals surface area contributed by atoms with Gasteiger partial charge in [-0.1, -0.05) is 13.8 Å². The van der Waals surface area contributed by atoms with Gasteiger partial charge in [0.2, 0.25) is 0 Å². The second-order valence-corrected chi connectivity index (χ2v) is 7.03. The first-order valence-corrected chi connectivity index (χ1v) is 7.84. The molecular formula is C16H24N2O2. The number of hydrogen-bond donors (Lipinski definition) is 1. The lowest BCUT2D eigenvalue weighted by Gasteiger charge is -2.69. The van der Waals surface area contributed by atoms with Crippen LogP contribution in [0.15, 0.2) is 22.8 Å². The summed E-state index contributed by atoms with van der Waals surface area (Å²) in [5, 5.41) is 11.0. The Morgan fingerprint density at radius 3 is 2.10 bits per heavy atom. The Kier molecular flexibility index (Phi) is 2.63. The topological polar surface area (TPSA) is 39.9 Å². The van der Waals surface area contributed by atoms with E-state index in [-0.39, 0.29) is 23.1 Å². The molecule has 0 saturated carbocycles. The molecule has 0 aromatic carbocycles. The van der Waals surface area contributed by atoms with Crippen LogP contribution in [0.1, 0.15) is 38.6 Å². The second-order valence-electron chi connectivity index (χ2n) is 7.03. The molecule has 4 fully saturated rings. The van der Waals surface area contributed by atoms with Crippen LogP contribution in [-0.4, -0.2) is 47.2 Å². The van der Waals surface area contributed by atoms with Gasteiger partial charge in [0.25, 0.3) is 0 Å². The van der Waals surface area contributed by atoms with E-state index >= 15 is 0 Å². The van der Waals surface area contributed by atoms with Gasteiger partial charge in [0.05, 0.1) is 12.4 Å². The average molecular weight is 276 g/mol. The maximum Gasteiger partial charge on any atom is 0.135 e. The molecule has 4 heteroatoms. The van der Waals surface area contributed by atoms with Crippen molar-refractivity contribution in [3.8, 4) is 0 Å². The molecule has 0 aliphatic carbocycles. The molecule has 110 valence electrons. The normalized spacial score (nSPS) is 49.8. The first kappa shape index (κ1) is 12.9. The van der Waals surface area contributed by atoms with Gasteiger partial charge in [-0.15, -0.1) is 0 Å². The Labute approximate surface area is 120 Å². The van der Waals surface area contributed by atoms with Gasteiger partial charge in [-0.25, -0.2) is 0 Å². The second kappa shape index (κ2) is 4.09. The number of nitrogens with zero attached hydrogens (tertiary/aromatic N) is 2. The number of piperidine rings is 2. The van der Waals surface area contributed by atoms with E-state index in [4.69, 9.17) is 4.42 Å². The Morgan fingerprint density at radius 1 is 1.15 bits per heavy atom. The smallest absolute Gasteiger partial charge is 0.135 e. The van der Waals surface area contributed by atoms with Crippen LogP contribution in [-0.2, 0) is 0 Å². The van der Waals surface area contributed by atoms with Crippen molar-refractivity contribution in [2.24, 2.45) is 10.8 Å². The summed E-state index contributed by atoms with van der Waals surface area (Å²) in [7, 11) is 0. The molecule has 20 heavy (non-hydrogen) atoms. The summed E-state index contributed by atoms with van der Waals surface area (Å²) >= 11 is 0. The van der Waals surface area contributed by atoms with E-state index in [1.165, 1.54) is 0 Å². The van der Waals surface area contributed by atoms with Gasteiger partial charge < -0.3 is 9.52 Å². The average Bonchev–Trinajstić information content (AvgIpc) is 2.97. The maximum atomic E-state index is 11.0. The molecule has 1 aromatic rings. The van der Waals surface area contributed by atoms with E-state index in [0.29, 0.717) is 0 Å². The van der Waals surface area contributed by atoms with Crippen LogP contribution in [0.4, 0.5) is 0 Å². The maximum absolute atomic E-state index is 11.0. The highest BCUT2D eigenvalue weighted by atomic mass is 16.3. The molecule has 4 aliphatic heterocycles. The van der Waals surface area contributed by atoms with Crippen molar-refractivity contribution < 1.29 is 9.52 Å². The summed E-state index contributed by atoms with van der Waals surface area (Å²) in [6.45, 7) is 8.43. The van der Waals surface area contributed by atoms with Gasteiger partial charge in [-0.2, -0.15) is 0 Å². The lowest BCUT2D eigenvalue weighted by molar-refractivity contribution is -0.269. The molecular weight excluding hydrogens is 252 g/mol. The van der Waals surface area contributed by atoms with Gasteiger partial charge in [-0.05, 0) is 25.0 Å². The fourth-order valence-electron chi connectivity index (χ4n) is 5.03. The van der Waals surface area contributed by atoms with E-state index in [2.05, 4.69) is 29.7 Å². The minimum absolute atomic E-state index is 0.0512. The fraction of sp³-hybridized carbons (Fsp3) is 0.750. The van der Waals surface area contributed by atoms with Crippen molar-refractivity contribution in [2.75, 3.05) is 26.2 Å². The number of furan rings is 1. The summed E-state index contributed by atoms with van der Waals surface area (Å²) in [6.07, 6.45) is 3.98. The molecule has 5 rings (SSSR count). The van der Waals surface area contributed by atoms with Crippen LogP contribution in [0.25, 0.3) is 0 Å². The minimum Gasteiger partial charge on any atom is -0.466 e.